The lowest BCUT2D eigenvalue weighted by Crippen LogP contribution is -2.23. The summed E-state index contributed by atoms with van der Waals surface area (Å²) in [5.74, 6) is 0.815. The maximum atomic E-state index is 11.7. The Bertz CT molecular complexity index is 592. The van der Waals surface area contributed by atoms with Gasteiger partial charge in [-0.3, -0.25) is 4.79 Å². The first-order chi connectivity index (χ1) is 8.69. The molecule has 1 N–H and O–H groups in total. The van der Waals surface area contributed by atoms with Gasteiger partial charge in [0.15, 0.2) is 0 Å². The van der Waals surface area contributed by atoms with Gasteiger partial charge in [-0.1, -0.05) is 6.07 Å². The fourth-order valence-electron chi connectivity index (χ4n) is 1.64. The van der Waals surface area contributed by atoms with Crippen molar-refractivity contribution < 1.29 is 0 Å². The molecule has 0 bridgehead atoms. The molecule has 2 aromatic heterocycles. The normalized spacial score (nSPS) is 10.3. The number of rotatable bonds is 4. The molecule has 5 heteroatoms. The Balaban J connectivity index is 2.23. The van der Waals surface area contributed by atoms with Crippen LogP contribution >= 0.6 is 0 Å². The predicted molar refractivity (Wildman–Crippen MR) is 70.7 cm³/mol. The van der Waals surface area contributed by atoms with Crippen LogP contribution in [0.3, 0.4) is 0 Å². The number of nitrogens with zero attached hydrogens (tertiary/aromatic N) is 3. The van der Waals surface area contributed by atoms with Gasteiger partial charge in [0.2, 0.25) is 0 Å². The first-order valence-corrected chi connectivity index (χ1v) is 5.92. The third kappa shape index (κ3) is 2.94. The van der Waals surface area contributed by atoms with Crippen LogP contribution in [0, 0.1) is 6.92 Å². The quantitative estimate of drug-likeness (QED) is 0.883. The van der Waals surface area contributed by atoms with E-state index in [1.165, 1.54) is 4.68 Å². The number of aromatic nitrogens is 3. The molecule has 2 heterocycles. The summed E-state index contributed by atoms with van der Waals surface area (Å²) in [7, 11) is 0. The minimum absolute atomic E-state index is 0.106. The molecule has 0 amide bonds. The van der Waals surface area contributed by atoms with Crippen LogP contribution in [0.1, 0.15) is 18.2 Å². The Morgan fingerprint density at radius 2 is 2.22 bits per heavy atom. The molecule has 5 nitrogen and oxygen atoms in total. The molecule has 0 radical (unpaired) electrons. The van der Waals surface area contributed by atoms with Crippen molar-refractivity contribution in [2.24, 2.45) is 0 Å². The van der Waals surface area contributed by atoms with Crippen molar-refractivity contribution in [1.82, 2.24) is 14.8 Å². The molecule has 0 atom stereocenters. The molecular formula is C13H16N4O. The number of pyridine rings is 1. The highest BCUT2D eigenvalue weighted by molar-refractivity contribution is 5.35. The van der Waals surface area contributed by atoms with E-state index in [2.05, 4.69) is 15.4 Å². The Morgan fingerprint density at radius 3 is 2.94 bits per heavy atom. The topological polar surface area (TPSA) is 59.8 Å². The molecule has 94 valence electrons. The van der Waals surface area contributed by atoms with Crippen LogP contribution in [-0.4, -0.2) is 21.3 Å². The van der Waals surface area contributed by atoms with E-state index >= 15 is 0 Å². The molecular weight excluding hydrogens is 228 g/mol. The minimum Gasteiger partial charge on any atom is -0.370 e. The number of nitrogens with one attached hydrogen (secondary N) is 1. The Labute approximate surface area is 105 Å². The summed E-state index contributed by atoms with van der Waals surface area (Å²) in [6.45, 7) is 5.07. The van der Waals surface area contributed by atoms with E-state index in [4.69, 9.17) is 0 Å². The maximum absolute atomic E-state index is 11.7. The molecule has 0 saturated heterocycles. The zero-order valence-electron chi connectivity index (χ0n) is 10.6. The van der Waals surface area contributed by atoms with Gasteiger partial charge in [-0.05, 0) is 31.5 Å². The number of aryl methyl sites for hydroxylation is 1. The third-order valence-corrected chi connectivity index (χ3v) is 2.48. The van der Waals surface area contributed by atoms with E-state index in [0.717, 1.165) is 23.6 Å². The maximum Gasteiger partial charge on any atom is 0.267 e. The molecule has 0 aliphatic rings. The van der Waals surface area contributed by atoms with Gasteiger partial charge in [0.25, 0.3) is 5.56 Å². The Morgan fingerprint density at radius 1 is 1.39 bits per heavy atom. The Hall–Kier alpha value is -2.17. The zero-order valence-corrected chi connectivity index (χ0v) is 10.6. The van der Waals surface area contributed by atoms with Gasteiger partial charge in [-0.25, -0.2) is 9.67 Å². The summed E-state index contributed by atoms with van der Waals surface area (Å²) in [4.78, 5) is 16.1. The molecule has 0 saturated carbocycles. The van der Waals surface area contributed by atoms with Crippen molar-refractivity contribution in [3.05, 3.63) is 52.1 Å². The summed E-state index contributed by atoms with van der Waals surface area (Å²) in [6.07, 6.45) is 1.68. The fourth-order valence-corrected chi connectivity index (χ4v) is 1.64. The lowest BCUT2D eigenvalue weighted by molar-refractivity contribution is 0.625. The smallest absolute Gasteiger partial charge is 0.267 e. The second-order valence-electron chi connectivity index (χ2n) is 4.07. The first kappa shape index (κ1) is 12.3. The van der Waals surface area contributed by atoms with Gasteiger partial charge in [-0.15, -0.1) is 0 Å². The van der Waals surface area contributed by atoms with E-state index in [1.54, 1.807) is 12.3 Å². The van der Waals surface area contributed by atoms with Crippen LogP contribution in [-0.2, 0) is 6.54 Å². The number of anilines is 1. The summed E-state index contributed by atoms with van der Waals surface area (Å²) < 4.78 is 1.41. The van der Waals surface area contributed by atoms with Gasteiger partial charge < -0.3 is 5.32 Å². The van der Waals surface area contributed by atoms with E-state index in [9.17, 15) is 4.79 Å². The summed E-state index contributed by atoms with van der Waals surface area (Å²) in [5, 5.41) is 7.23. The number of hydrogen-bond acceptors (Lipinski definition) is 4. The van der Waals surface area contributed by atoms with Crippen LogP contribution in [0.5, 0.6) is 0 Å². The van der Waals surface area contributed by atoms with E-state index in [0.29, 0.717) is 6.54 Å². The van der Waals surface area contributed by atoms with Gasteiger partial charge in [0, 0.05) is 12.6 Å². The molecule has 2 rings (SSSR count). The zero-order chi connectivity index (χ0) is 13.0. The molecule has 0 aromatic carbocycles. The second kappa shape index (κ2) is 5.44. The van der Waals surface area contributed by atoms with Crippen LogP contribution in [0.25, 0.3) is 0 Å². The molecule has 0 aliphatic carbocycles. The first-order valence-electron chi connectivity index (χ1n) is 5.92. The fraction of sp³-hybridized carbons (Fsp3) is 0.308. The van der Waals surface area contributed by atoms with Crippen molar-refractivity contribution in [3.63, 3.8) is 0 Å². The lowest BCUT2D eigenvalue weighted by Gasteiger charge is -2.06. The Kier molecular flexibility index (Phi) is 3.72. The van der Waals surface area contributed by atoms with Crippen molar-refractivity contribution >= 4 is 5.82 Å². The van der Waals surface area contributed by atoms with E-state index in [-0.39, 0.29) is 5.56 Å². The molecule has 0 spiro atoms. The lowest BCUT2D eigenvalue weighted by atomic mass is 10.3. The van der Waals surface area contributed by atoms with Crippen molar-refractivity contribution in [1.29, 1.82) is 0 Å². The van der Waals surface area contributed by atoms with Gasteiger partial charge in [-0.2, -0.15) is 5.10 Å². The highest BCUT2D eigenvalue weighted by Crippen LogP contribution is 2.05. The van der Waals surface area contributed by atoms with Gasteiger partial charge >= 0.3 is 0 Å². The van der Waals surface area contributed by atoms with Crippen LogP contribution in [0.15, 0.2) is 35.3 Å². The molecule has 0 unspecified atom stereocenters. The predicted octanol–water partition coefficient (Wildman–Crippen LogP) is 1.43. The largest absolute Gasteiger partial charge is 0.370 e. The van der Waals surface area contributed by atoms with Crippen LogP contribution in [0.2, 0.25) is 0 Å². The SMILES string of the molecule is CCNc1cccc(Cn2ncc(C)cc2=O)n1. The average Bonchev–Trinajstić information content (AvgIpc) is 2.34. The van der Waals surface area contributed by atoms with Gasteiger partial charge in [0.05, 0.1) is 18.4 Å². The van der Waals surface area contributed by atoms with Gasteiger partial charge in [0.1, 0.15) is 5.82 Å². The second-order valence-corrected chi connectivity index (χ2v) is 4.07. The van der Waals surface area contributed by atoms with Crippen molar-refractivity contribution in [2.45, 2.75) is 20.4 Å². The van der Waals surface area contributed by atoms with Crippen molar-refractivity contribution in [3.8, 4) is 0 Å². The minimum atomic E-state index is -0.106. The molecule has 18 heavy (non-hydrogen) atoms. The highest BCUT2D eigenvalue weighted by Gasteiger charge is 2.01. The summed E-state index contributed by atoms with van der Waals surface area (Å²) in [5.41, 5.74) is 1.57. The highest BCUT2D eigenvalue weighted by atomic mass is 16.1. The average molecular weight is 244 g/mol. The van der Waals surface area contributed by atoms with E-state index in [1.807, 2.05) is 32.0 Å². The van der Waals surface area contributed by atoms with Crippen LogP contribution < -0.4 is 10.9 Å². The van der Waals surface area contributed by atoms with Crippen molar-refractivity contribution in [2.75, 3.05) is 11.9 Å². The monoisotopic (exact) mass is 244 g/mol. The summed E-state index contributed by atoms with van der Waals surface area (Å²) in [6, 6.07) is 7.27. The molecule has 0 aliphatic heterocycles. The molecule has 2 aromatic rings. The number of hydrogen-bond donors (Lipinski definition) is 1. The standard InChI is InChI=1S/C13H16N4O/c1-3-14-12-6-4-5-11(16-12)9-17-13(18)7-10(2)8-15-17/h4-8H,3,9H2,1-2H3,(H,14,16). The van der Waals surface area contributed by atoms with Crippen LogP contribution in [0.4, 0.5) is 5.82 Å². The third-order valence-electron chi connectivity index (χ3n) is 2.48. The summed E-state index contributed by atoms with van der Waals surface area (Å²) >= 11 is 0. The van der Waals surface area contributed by atoms with E-state index < -0.39 is 0 Å². The molecule has 0 fully saturated rings.